The van der Waals surface area contributed by atoms with Gasteiger partial charge in [0.05, 0.1) is 0 Å². The van der Waals surface area contributed by atoms with Gasteiger partial charge in [0.1, 0.15) is 0 Å². The van der Waals surface area contributed by atoms with E-state index in [0.29, 0.717) is 11.8 Å². The first kappa shape index (κ1) is 19.4. The lowest BCUT2D eigenvalue weighted by Crippen LogP contribution is -2.15. The summed E-state index contributed by atoms with van der Waals surface area (Å²) in [6, 6.07) is 11.2. The second-order valence-corrected chi connectivity index (χ2v) is 7.13. The Kier molecular flexibility index (Phi) is 6.52. The minimum atomic E-state index is 0.386. The van der Waals surface area contributed by atoms with E-state index in [1.807, 2.05) is 0 Å². The van der Waals surface area contributed by atoms with E-state index in [4.69, 9.17) is 11.5 Å². The van der Waals surface area contributed by atoms with Gasteiger partial charge in [-0.2, -0.15) is 0 Å². The van der Waals surface area contributed by atoms with Crippen molar-refractivity contribution in [1.82, 2.24) is 0 Å². The van der Waals surface area contributed by atoms with Crippen molar-refractivity contribution in [2.75, 3.05) is 11.5 Å². The van der Waals surface area contributed by atoms with Crippen LogP contribution < -0.4 is 11.5 Å². The molecule has 25 heavy (non-hydrogen) atoms. The summed E-state index contributed by atoms with van der Waals surface area (Å²) in [5.74, 6) is 0.948. The molecule has 2 unspecified atom stereocenters. The molecule has 2 atom stereocenters. The summed E-state index contributed by atoms with van der Waals surface area (Å²) in [5, 5.41) is 0. The van der Waals surface area contributed by atoms with E-state index in [2.05, 4.69) is 65.0 Å². The first-order chi connectivity index (χ1) is 12.0. The molecule has 0 heterocycles. The number of hydrogen-bond acceptors (Lipinski definition) is 2. The van der Waals surface area contributed by atoms with Gasteiger partial charge in [-0.05, 0) is 65.1 Å². The maximum Gasteiger partial charge on any atom is 0.0349 e. The molecule has 0 aliphatic carbocycles. The van der Waals surface area contributed by atoms with Crippen molar-refractivity contribution in [1.29, 1.82) is 0 Å². The Balaban J connectivity index is 2.66. The number of hydrogen-bond donors (Lipinski definition) is 2. The maximum atomic E-state index is 6.27. The summed E-state index contributed by atoms with van der Waals surface area (Å²) in [6.07, 6.45) is 4.09. The van der Waals surface area contributed by atoms with Crippen molar-refractivity contribution >= 4 is 11.4 Å². The first-order valence-electron chi connectivity index (χ1n) is 9.76. The smallest absolute Gasteiger partial charge is 0.0349 e. The molecule has 0 saturated heterocycles. The highest BCUT2D eigenvalue weighted by molar-refractivity contribution is 5.56. The standard InChI is InChI=1S/C23H34N2/c1-6-15(5)23(19-10-11-21(24)17(8-3)12-19)20-13-18(9-4)22(25)14-16(20)7-2/h10-15,23H,6-9,24-25H2,1-5H3. The van der Waals surface area contributed by atoms with Crippen LogP contribution in [-0.2, 0) is 19.3 Å². The first-order valence-corrected chi connectivity index (χ1v) is 9.76. The average molecular weight is 339 g/mol. The van der Waals surface area contributed by atoms with E-state index in [1.165, 1.54) is 27.8 Å². The van der Waals surface area contributed by atoms with Gasteiger partial charge in [-0.3, -0.25) is 0 Å². The topological polar surface area (TPSA) is 52.0 Å². The fraction of sp³-hybridized carbons (Fsp3) is 0.478. The number of nitrogens with two attached hydrogens (primary N) is 2. The van der Waals surface area contributed by atoms with E-state index < -0.39 is 0 Å². The van der Waals surface area contributed by atoms with Crippen molar-refractivity contribution in [3.63, 3.8) is 0 Å². The van der Waals surface area contributed by atoms with Gasteiger partial charge >= 0.3 is 0 Å². The van der Waals surface area contributed by atoms with Crippen LogP contribution in [0.4, 0.5) is 11.4 Å². The lowest BCUT2D eigenvalue weighted by Gasteiger charge is -2.28. The van der Waals surface area contributed by atoms with E-state index in [-0.39, 0.29) is 0 Å². The molecule has 0 aromatic heterocycles. The van der Waals surface area contributed by atoms with Gasteiger partial charge in [0.25, 0.3) is 0 Å². The molecule has 2 aromatic carbocycles. The lowest BCUT2D eigenvalue weighted by molar-refractivity contribution is 0.493. The minimum Gasteiger partial charge on any atom is -0.399 e. The highest BCUT2D eigenvalue weighted by Gasteiger charge is 2.24. The molecular formula is C23H34N2. The predicted molar refractivity (Wildman–Crippen MR) is 111 cm³/mol. The number of benzene rings is 2. The van der Waals surface area contributed by atoms with Gasteiger partial charge in [-0.25, -0.2) is 0 Å². The van der Waals surface area contributed by atoms with E-state index in [0.717, 1.165) is 37.1 Å². The van der Waals surface area contributed by atoms with Gasteiger partial charge in [0.15, 0.2) is 0 Å². The molecule has 2 heteroatoms. The van der Waals surface area contributed by atoms with Crippen molar-refractivity contribution in [2.24, 2.45) is 5.92 Å². The summed E-state index contributed by atoms with van der Waals surface area (Å²) >= 11 is 0. The predicted octanol–water partition coefficient (Wildman–Crippen LogP) is 5.72. The van der Waals surface area contributed by atoms with E-state index >= 15 is 0 Å². The molecule has 0 aliphatic rings. The van der Waals surface area contributed by atoms with Crippen LogP contribution in [-0.4, -0.2) is 0 Å². The fourth-order valence-corrected chi connectivity index (χ4v) is 3.80. The molecule has 0 spiro atoms. The summed E-state index contributed by atoms with van der Waals surface area (Å²) < 4.78 is 0. The van der Waals surface area contributed by atoms with Crippen LogP contribution in [0.2, 0.25) is 0 Å². The van der Waals surface area contributed by atoms with Crippen LogP contribution in [0.3, 0.4) is 0 Å². The van der Waals surface area contributed by atoms with Crippen molar-refractivity contribution in [3.05, 3.63) is 58.1 Å². The molecule has 2 aromatic rings. The Morgan fingerprint density at radius 1 is 0.760 bits per heavy atom. The van der Waals surface area contributed by atoms with E-state index in [1.54, 1.807) is 0 Å². The van der Waals surface area contributed by atoms with Crippen molar-refractivity contribution in [3.8, 4) is 0 Å². The molecule has 0 bridgehead atoms. The largest absolute Gasteiger partial charge is 0.399 e. The molecule has 0 saturated carbocycles. The van der Waals surface area contributed by atoms with Crippen LogP contribution in [0.15, 0.2) is 30.3 Å². The third-order valence-corrected chi connectivity index (χ3v) is 5.62. The summed E-state index contributed by atoms with van der Waals surface area (Å²) in [4.78, 5) is 0. The summed E-state index contributed by atoms with van der Waals surface area (Å²) in [5.41, 5.74) is 20.9. The number of nitrogen functional groups attached to an aromatic ring is 2. The zero-order valence-corrected chi connectivity index (χ0v) is 16.5. The third kappa shape index (κ3) is 4.00. The van der Waals surface area contributed by atoms with Crippen molar-refractivity contribution < 1.29 is 0 Å². The molecule has 2 rings (SSSR count). The van der Waals surface area contributed by atoms with E-state index in [9.17, 15) is 0 Å². The van der Waals surface area contributed by atoms with Crippen LogP contribution >= 0.6 is 0 Å². The Bertz CT molecular complexity index is 718. The molecule has 2 nitrogen and oxygen atoms in total. The number of rotatable bonds is 7. The lowest BCUT2D eigenvalue weighted by atomic mass is 9.77. The van der Waals surface area contributed by atoms with Crippen LogP contribution in [0.1, 0.15) is 74.8 Å². The zero-order chi connectivity index (χ0) is 18.6. The van der Waals surface area contributed by atoms with Crippen molar-refractivity contribution in [2.45, 2.75) is 66.2 Å². The van der Waals surface area contributed by atoms with Crippen LogP contribution in [0.5, 0.6) is 0 Å². The quantitative estimate of drug-likeness (QED) is 0.635. The summed E-state index contributed by atoms with van der Waals surface area (Å²) in [7, 11) is 0. The molecule has 0 aliphatic heterocycles. The molecule has 0 radical (unpaired) electrons. The van der Waals surface area contributed by atoms with Gasteiger partial charge in [0, 0.05) is 17.3 Å². The SMILES string of the molecule is CCc1cc(C(c2cc(CC)c(N)cc2CC)C(C)CC)ccc1N. The van der Waals surface area contributed by atoms with Gasteiger partial charge in [-0.15, -0.1) is 0 Å². The molecule has 0 fully saturated rings. The van der Waals surface area contributed by atoms with Gasteiger partial charge in [-0.1, -0.05) is 59.2 Å². The zero-order valence-electron chi connectivity index (χ0n) is 16.5. The Morgan fingerprint density at radius 2 is 1.36 bits per heavy atom. The Labute approximate surface area is 153 Å². The Morgan fingerprint density at radius 3 is 1.92 bits per heavy atom. The second kappa shape index (κ2) is 8.42. The molecule has 4 N–H and O–H groups in total. The molecular weight excluding hydrogens is 304 g/mol. The average Bonchev–Trinajstić information content (AvgIpc) is 2.63. The highest BCUT2D eigenvalue weighted by Crippen LogP contribution is 2.38. The normalized spacial score (nSPS) is 13.6. The number of aryl methyl sites for hydroxylation is 3. The number of anilines is 2. The van der Waals surface area contributed by atoms with Gasteiger partial charge < -0.3 is 11.5 Å². The summed E-state index contributed by atoms with van der Waals surface area (Å²) in [6.45, 7) is 11.2. The van der Waals surface area contributed by atoms with Crippen LogP contribution in [0.25, 0.3) is 0 Å². The Hall–Kier alpha value is -1.96. The fourth-order valence-electron chi connectivity index (χ4n) is 3.80. The second-order valence-electron chi connectivity index (χ2n) is 7.13. The van der Waals surface area contributed by atoms with Gasteiger partial charge in [0.2, 0.25) is 0 Å². The minimum absolute atomic E-state index is 0.386. The maximum absolute atomic E-state index is 6.27. The van der Waals surface area contributed by atoms with Crippen LogP contribution in [0, 0.1) is 5.92 Å². The molecule has 136 valence electrons. The monoisotopic (exact) mass is 338 g/mol. The third-order valence-electron chi connectivity index (χ3n) is 5.62. The highest BCUT2D eigenvalue weighted by atomic mass is 14.6. The molecule has 0 amide bonds.